The summed E-state index contributed by atoms with van der Waals surface area (Å²) in [4.78, 5) is 22.1. The fourth-order valence-electron chi connectivity index (χ4n) is 2.11. The third kappa shape index (κ3) is 11.8. The van der Waals surface area contributed by atoms with E-state index in [0.717, 1.165) is 24.8 Å². The number of allylic oxidation sites excluding steroid dienone is 4. The van der Waals surface area contributed by atoms with Crippen LogP contribution >= 0.6 is 0 Å². The first-order chi connectivity index (χ1) is 11.0. The minimum atomic E-state index is -0.987. The normalized spacial score (nSPS) is 15.8. The smallest absolute Gasteiger partial charge is 0.307 e. The number of ketones is 1. The first-order valence-corrected chi connectivity index (χ1v) is 8.52. The van der Waals surface area contributed by atoms with Gasteiger partial charge in [-0.3, -0.25) is 9.59 Å². The number of rotatable bonds is 11. The average molecular weight is 336 g/mol. The molecular formula is C20H32O4. The van der Waals surface area contributed by atoms with Crippen LogP contribution in [0.3, 0.4) is 0 Å². The predicted octanol–water partition coefficient (Wildman–Crippen LogP) is 4.45. The Balaban J connectivity index is 4.28. The molecule has 0 aromatic heterocycles. The molecule has 0 spiro atoms. The average Bonchev–Trinajstić information content (AvgIpc) is 2.43. The molecule has 0 rings (SSSR count). The summed E-state index contributed by atoms with van der Waals surface area (Å²) in [7, 11) is 0. The molecule has 0 aromatic carbocycles. The quantitative estimate of drug-likeness (QED) is 0.432. The first kappa shape index (κ1) is 22.3. The van der Waals surface area contributed by atoms with E-state index in [1.807, 2.05) is 33.8 Å². The Labute approximate surface area is 146 Å². The van der Waals surface area contributed by atoms with Crippen molar-refractivity contribution in [2.24, 2.45) is 5.92 Å². The van der Waals surface area contributed by atoms with Crippen molar-refractivity contribution in [3.63, 3.8) is 0 Å². The van der Waals surface area contributed by atoms with Crippen LogP contribution in [0, 0.1) is 5.92 Å². The molecule has 4 nitrogen and oxygen atoms in total. The molecule has 0 amide bonds. The number of carboxylic acids is 1. The number of hydrogen-bond acceptors (Lipinski definition) is 3. The van der Waals surface area contributed by atoms with Gasteiger partial charge in [0.2, 0.25) is 0 Å². The van der Waals surface area contributed by atoms with Gasteiger partial charge in [0.1, 0.15) is 0 Å². The van der Waals surface area contributed by atoms with E-state index in [0.29, 0.717) is 6.42 Å². The Morgan fingerprint density at radius 3 is 2.21 bits per heavy atom. The zero-order chi connectivity index (χ0) is 18.8. The third-order valence-corrected chi connectivity index (χ3v) is 3.78. The molecule has 136 valence electrons. The Bertz CT molecular complexity index is 508. The highest BCUT2D eigenvalue weighted by Crippen LogP contribution is 2.17. The van der Waals surface area contributed by atoms with E-state index >= 15 is 0 Å². The molecule has 24 heavy (non-hydrogen) atoms. The molecular weight excluding hydrogens is 304 g/mol. The van der Waals surface area contributed by atoms with Gasteiger partial charge in [0.05, 0.1) is 12.0 Å². The van der Waals surface area contributed by atoms with Crippen LogP contribution in [0.2, 0.25) is 0 Å². The molecule has 0 radical (unpaired) electrons. The molecule has 0 saturated carbocycles. The molecule has 0 aliphatic rings. The zero-order valence-electron chi connectivity index (χ0n) is 15.6. The van der Waals surface area contributed by atoms with E-state index in [1.54, 1.807) is 13.0 Å². The molecule has 0 saturated heterocycles. The van der Waals surface area contributed by atoms with Gasteiger partial charge in [-0.25, -0.2) is 0 Å². The molecule has 0 aliphatic carbocycles. The maximum absolute atomic E-state index is 11.6. The number of aliphatic hydroxyl groups is 1. The van der Waals surface area contributed by atoms with Gasteiger partial charge >= 0.3 is 5.97 Å². The number of aliphatic carboxylic acids is 1. The summed E-state index contributed by atoms with van der Waals surface area (Å²) in [5, 5.41) is 18.9. The van der Waals surface area contributed by atoms with Gasteiger partial charge < -0.3 is 10.2 Å². The molecule has 0 heterocycles. The molecule has 0 fully saturated rings. The summed E-state index contributed by atoms with van der Waals surface area (Å²) in [5.41, 5.74) is 1.10. The summed E-state index contributed by atoms with van der Waals surface area (Å²) in [6.45, 7) is 9.24. The van der Waals surface area contributed by atoms with E-state index < -0.39 is 11.6 Å². The maximum Gasteiger partial charge on any atom is 0.307 e. The van der Waals surface area contributed by atoms with Crippen LogP contribution < -0.4 is 0 Å². The Morgan fingerprint density at radius 1 is 1.08 bits per heavy atom. The van der Waals surface area contributed by atoms with E-state index in [9.17, 15) is 14.7 Å². The second-order valence-electron chi connectivity index (χ2n) is 7.00. The van der Waals surface area contributed by atoms with Crippen molar-refractivity contribution >= 4 is 11.8 Å². The third-order valence-electron chi connectivity index (χ3n) is 3.78. The van der Waals surface area contributed by atoms with Crippen LogP contribution in [0.1, 0.15) is 66.7 Å². The lowest BCUT2D eigenvalue weighted by molar-refractivity contribution is -0.136. The topological polar surface area (TPSA) is 74.6 Å². The van der Waals surface area contributed by atoms with E-state index in [4.69, 9.17) is 5.11 Å². The number of carbonyl (C=O) groups is 2. The summed E-state index contributed by atoms with van der Waals surface area (Å²) in [6.07, 6.45) is 10.2. The number of carboxylic acid groups (broad SMARTS) is 1. The van der Waals surface area contributed by atoms with E-state index in [-0.39, 0.29) is 18.1 Å². The Kier molecular flexibility index (Phi) is 10.2. The highest BCUT2D eigenvalue weighted by atomic mass is 16.4. The van der Waals surface area contributed by atoms with Crippen LogP contribution in [0.25, 0.3) is 0 Å². The molecule has 4 heteroatoms. The van der Waals surface area contributed by atoms with Gasteiger partial charge in [-0.1, -0.05) is 37.1 Å². The van der Waals surface area contributed by atoms with Crippen molar-refractivity contribution in [2.75, 3.05) is 0 Å². The summed E-state index contributed by atoms with van der Waals surface area (Å²) >= 11 is 0. The Hall–Kier alpha value is -1.68. The van der Waals surface area contributed by atoms with Gasteiger partial charge in [0, 0.05) is 5.92 Å². The lowest BCUT2D eigenvalue weighted by Crippen LogP contribution is -2.21. The van der Waals surface area contributed by atoms with Gasteiger partial charge in [0.25, 0.3) is 0 Å². The van der Waals surface area contributed by atoms with Crippen LogP contribution in [0.15, 0.2) is 35.5 Å². The van der Waals surface area contributed by atoms with Crippen LogP contribution in [-0.2, 0) is 9.59 Å². The van der Waals surface area contributed by atoms with Crippen molar-refractivity contribution in [3.05, 3.63) is 35.5 Å². The van der Waals surface area contributed by atoms with Gasteiger partial charge in [-0.2, -0.15) is 0 Å². The predicted molar refractivity (Wildman–Crippen MR) is 97.8 cm³/mol. The van der Waals surface area contributed by atoms with Gasteiger partial charge in [0.15, 0.2) is 5.78 Å². The highest BCUT2D eigenvalue weighted by Gasteiger charge is 2.16. The van der Waals surface area contributed by atoms with Crippen LogP contribution in [-0.4, -0.2) is 27.6 Å². The fourth-order valence-corrected chi connectivity index (χ4v) is 2.11. The lowest BCUT2D eigenvalue weighted by Gasteiger charge is -2.18. The van der Waals surface area contributed by atoms with Crippen molar-refractivity contribution in [2.45, 2.75) is 72.3 Å². The molecule has 2 N–H and O–H groups in total. The lowest BCUT2D eigenvalue weighted by atomic mass is 9.96. The van der Waals surface area contributed by atoms with E-state index in [2.05, 4.69) is 6.08 Å². The zero-order valence-corrected chi connectivity index (χ0v) is 15.6. The van der Waals surface area contributed by atoms with Gasteiger partial charge in [-0.15, -0.1) is 0 Å². The first-order valence-electron chi connectivity index (χ1n) is 8.52. The van der Waals surface area contributed by atoms with Gasteiger partial charge in [-0.05, 0) is 58.6 Å². The second-order valence-corrected chi connectivity index (χ2v) is 7.00. The summed E-state index contributed by atoms with van der Waals surface area (Å²) in [6, 6.07) is 0. The summed E-state index contributed by atoms with van der Waals surface area (Å²) < 4.78 is 0. The number of hydrogen-bond donors (Lipinski definition) is 2. The molecule has 0 aromatic rings. The standard InChI is InChI=1S/C20H32O4/c1-15(2)18(21)11-13-20(5,24)12-7-10-16(3)8-6-9-17(4)14-19(22)23/h9-11,13,15,24H,6-8,12,14H2,1-5H3,(H,22,23)/b13-11+,16-10+,17-9+. The van der Waals surface area contributed by atoms with Crippen molar-refractivity contribution in [1.82, 2.24) is 0 Å². The maximum atomic E-state index is 11.6. The second kappa shape index (κ2) is 11.0. The molecule has 0 bridgehead atoms. The summed E-state index contributed by atoms with van der Waals surface area (Å²) in [5.74, 6) is -0.843. The minimum absolute atomic E-state index is 0.0190. The monoisotopic (exact) mass is 336 g/mol. The Morgan fingerprint density at radius 2 is 1.67 bits per heavy atom. The minimum Gasteiger partial charge on any atom is -0.481 e. The van der Waals surface area contributed by atoms with Crippen molar-refractivity contribution in [1.29, 1.82) is 0 Å². The van der Waals surface area contributed by atoms with Crippen molar-refractivity contribution in [3.8, 4) is 0 Å². The molecule has 1 atom stereocenters. The molecule has 1 unspecified atom stereocenters. The highest BCUT2D eigenvalue weighted by molar-refractivity contribution is 5.91. The largest absolute Gasteiger partial charge is 0.481 e. The van der Waals surface area contributed by atoms with Crippen LogP contribution in [0.5, 0.6) is 0 Å². The van der Waals surface area contributed by atoms with Crippen molar-refractivity contribution < 1.29 is 19.8 Å². The number of carbonyl (C=O) groups excluding carboxylic acids is 1. The van der Waals surface area contributed by atoms with E-state index in [1.165, 1.54) is 11.6 Å². The molecule has 0 aliphatic heterocycles. The fraction of sp³-hybridized carbons (Fsp3) is 0.600. The SMILES string of the molecule is C/C(=C\CCC(C)(O)/C=C/C(=O)C(C)C)CC/C=C(\C)CC(=O)O. The van der Waals surface area contributed by atoms with Crippen LogP contribution in [0.4, 0.5) is 0 Å².